The quantitative estimate of drug-likeness (QED) is 0.626. The highest BCUT2D eigenvalue weighted by atomic mass is 35.5. The van der Waals surface area contributed by atoms with Crippen LogP contribution in [0.2, 0.25) is 5.02 Å². The molecule has 1 aromatic rings. The highest BCUT2D eigenvalue weighted by Crippen LogP contribution is 2.39. The van der Waals surface area contributed by atoms with Crippen LogP contribution in [0.25, 0.3) is 0 Å². The van der Waals surface area contributed by atoms with Crippen LogP contribution >= 0.6 is 11.6 Å². The molecule has 2 rings (SSSR count). The van der Waals surface area contributed by atoms with Crippen molar-refractivity contribution in [3.8, 4) is 0 Å². The second-order valence-electron chi connectivity index (χ2n) is 6.42. The molecule has 1 aromatic heterocycles. The number of nitrogens with zero attached hydrogens (tertiary/aromatic N) is 3. The lowest BCUT2D eigenvalue weighted by molar-refractivity contribution is 0.0796. The van der Waals surface area contributed by atoms with Crippen molar-refractivity contribution in [2.75, 3.05) is 13.1 Å². The summed E-state index contributed by atoms with van der Waals surface area (Å²) in [7, 11) is 0. The molecule has 1 aliphatic heterocycles. The van der Waals surface area contributed by atoms with Crippen LogP contribution in [0.5, 0.6) is 0 Å². The van der Waals surface area contributed by atoms with Crippen molar-refractivity contribution in [2.45, 2.75) is 64.6 Å². The molecule has 1 aliphatic rings. The fraction of sp³-hybridized carbons (Fsp3) is 0.800. The highest BCUT2D eigenvalue weighted by molar-refractivity contribution is 6.31. The van der Waals surface area contributed by atoms with E-state index in [0.717, 1.165) is 25.2 Å². The topological polar surface area (TPSA) is 59.1 Å². The van der Waals surface area contributed by atoms with Gasteiger partial charge >= 0.3 is 0 Å². The molecule has 3 N–H and O–H groups in total. The van der Waals surface area contributed by atoms with Crippen LogP contribution in [0.3, 0.4) is 0 Å². The smallest absolute Gasteiger partial charge is 0.0835 e. The Kier molecular flexibility index (Phi) is 5.30. The Morgan fingerprint density at radius 1 is 1.43 bits per heavy atom. The van der Waals surface area contributed by atoms with E-state index >= 15 is 0 Å². The fourth-order valence-electron chi connectivity index (χ4n) is 3.42. The molecule has 0 spiro atoms. The maximum atomic E-state index is 6.43. The van der Waals surface area contributed by atoms with E-state index in [-0.39, 0.29) is 17.6 Å². The summed E-state index contributed by atoms with van der Waals surface area (Å²) in [5, 5.41) is 5.11. The highest BCUT2D eigenvalue weighted by Gasteiger charge is 2.42. The molecule has 0 bridgehead atoms. The first kappa shape index (κ1) is 16.7. The summed E-state index contributed by atoms with van der Waals surface area (Å²) in [5.74, 6) is 5.95. The molecule has 0 aromatic carbocycles. The number of halogens is 1. The lowest BCUT2D eigenvalue weighted by Gasteiger charge is -2.44. The van der Waals surface area contributed by atoms with Crippen LogP contribution in [-0.4, -0.2) is 33.3 Å². The maximum absolute atomic E-state index is 6.43. The first-order chi connectivity index (χ1) is 9.95. The summed E-state index contributed by atoms with van der Waals surface area (Å²) in [5.41, 5.74) is 3.95. The van der Waals surface area contributed by atoms with Crippen LogP contribution in [0.15, 0.2) is 6.20 Å². The molecule has 0 aliphatic carbocycles. The van der Waals surface area contributed by atoms with Crippen molar-refractivity contribution >= 4 is 11.6 Å². The van der Waals surface area contributed by atoms with Gasteiger partial charge in [-0.1, -0.05) is 18.5 Å². The molecule has 1 fully saturated rings. The number of hydrogen-bond donors (Lipinski definition) is 2. The Hall–Kier alpha value is -0.620. The third kappa shape index (κ3) is 2.97. The summed E-state index contributed by atoms with van der Waals surface area (Å²) in [6.07, 6.45) is 5.23. The molecule has 120 valence electrons. The third-order valence-corrected chi connectivity index (χ3v) is 5.17. The van der Waals surface area contributed by atoms with Gasteiger partial charge in [-0.05, 0) is 53.1 Å². The summed E-state index contributed by atoms with van der Waals surface area (Å²) in [6.45, 7) is 11.0. The third-order valence-electron chi connectivity index (χ3n) is 4.88. The molecule has 0 saturated carbocycles. The first-order valence-corrected chi connectivity index (χ1v) is 8.27. The minimum absolute atomic E-state index is 0.0435. The van der Waals surface area contributed by atoms with Crippen LogP contribution in [0, 0.1) is 0 Å². The van der Waals surface area contributed by atoms with E-state index in [9.17, 15) is 0 Å². The zero-order valence-electron chi connectivity index (χ0n) is 13.6. The normalized spacial score (nSPS) is 20.9. The average Bonchev–Trinajstić information content (AvgIpc) is 3.10. The summed E-state index contributed by atoms with van der Waals surface area (Å²) in [4.78, 5) is 2.53. The SMILES string of the molecule is CCC(C)(C(NN)c1c(Cl)cnn1C(C)C)N1CCCC1. The van der Waals surface area contributed by atoms with Gasteiger partial charge in [0.25, 0.3) is 0 Å². The number of nitrogens with one attached hydrogen (secondary N) is 1. The van der Waals surface area contributed by atoms with Crippen molar-refractivity contribution in [1.29, 1.82) is 0 Å². The van der Waals surface area contributed by atoms with E-state index in [1.165, 1.54) is 12.8 Å². The number of aromatic nitrogens is 2. The molecule has 1 saturated heterocycles. The molecule has 0 radical (unpaired) electrons. The van der Waals surface area contributed by atoms with Crippen molar-refractivity contribution in [3.05, 3.63) is 16.9 Å². The second-order valence-corrected chi connectivity index (χ2v) is 6.83. The van der Waals surface area contributed by atoms with Gasteiger partial charge in [0.05, 0.1) is 23.0 Å². The predicted octanol–water partition coefficient (Wildman–Crippen LogP) is 2.89. The Morgan fingerprint density at radius 3 is 2.52 bits per heavy atom. The van der Waals surface area contributed by atoms with E-state index in [1.54, 1.807) is 6.20 Å². The molecule has 2 unspecified atom stereocenters. The van der Waals surface area contributed by atoms with Crippen molar-refractivity contribution in [1.82, 2.24) is 20.1 Å². The minimum Gasteiger partial charge on any atom is -0.296 e. The number of hydrazine groups is 1. The van der Waals surface area contributed by atoms with Crippen LogP contribution in [0.1, 0.15) is 64.7 Å². The van der Waals surface area contributed by atoms with E-state index in [2.05, 4.69) is 43.1 Å². The largest absolute Gasteiger partial charge is 0.296 e. The Morgan fingerprint density at radius 2 is 2.05 bits per heavy atom. The van der Waals surface area contributed by atoms with Crippen LogP contribution in [0.4, 0.5) is 0 Å². The van der Waals surface area contributed by atoms with Gasteiger partial charge in [0.1, 0.15) is 0 Å². The van der Waals surface area contributed by atoms with Gasteiger partial charge < -0.3 is 0 Å². The molecule has 2 atom stereocenters. The monoisotopic (exact) mass is 313 g/mol. The molecule has 21 heavy (non-hydrogen) atoms. The van der Waals surface area contributed by atoms with Gasteiger partial charge in [0, 0.05) is 11.6 Å². The Labute approximate surface area is 132 Å². The first-order valence-electron chi connectivity index (χ1n) is 7.89. The van der Waals surface area contributed by atoms with Gasteiger partial charge in [-0.15, -0.1) is 0 Å². The summed E-state index contributed by atoms with van der Waals surface area (Å²) in [6, 6.07) is 0.209. The number of likely N-dealkylation sites (tertiary alicyclic amines) is 1. The standard InChI is InChI=1S/C15H28ClN5/c1-5-15(4,20-8-6-7-9-20)14(19-17)13-12(16)10-18-21(13)11(2)3/h10-11,14,19H,5-9,17H2,1-4H3. The molecule has 6 heteroatoms. The Bertz CT molecular complexity index is 467. The number of hydrogen-bond acceptors (Lipinski definition) is 4. The van der Waals surface area contributed by atoms with E-state index in [4.69, 9.17) is 17.4 Å². The van der Waals surface area contributed by atoms with Crippen LogP contribution < -0.4 is 11.3 Å². The Balaban J connectivity index is 2.44. The zero-order valence-corrected chi connectivity index (χ0v) is 14.3. The number of nitrogens with two attached hydrogens (primary N) is 1. The van der Waals surface area contributed by atoms with Crippen molar-refractivity contribution in [2.24, 2.45) is 5.84 Å². The fourth-order valence-corrected chi connectivity index (χ4v) is 3.66. The maximum Gasteiger partial charge on any atom is 0.0835 e. The average molecular weight is 314 g/mol. The van der Waals surface area contributed by atoms with Crippen LogP contribution in [-0.2, 0) is 0 Å². The van der Waals surface area contributed by atoms with Gasteiger partial charge in [0.2, 0.25) is 0 Å². The second kappa shape index (κ2) is 6.65. The summed E-state index contributed by atoms with van der Waals surface area (Å²) < 4.78 is 1.98. The molecule has 0 amide bonds. The van der Waals surface area contributed by atoms with E-state index < -0.39 is 0 Å². The van der Waals surface area contributed by atoms with Gasteiger partial charge in [-0.2, -0.15) is 5.10 Å². The number of rotatable bonds is 6. The van der Waals surface area contributed by atoms with E-state index in [1.807, 2.05) is 4.68 Å². The minimum atomic E-state index is -0.0679. The lowest BCUT2D eigenvalue weighted by Crippen LogP contribution is -2.55. The van der Waals surface area contributed by atoms with Crippen molar-refractivity contribution < 1.29 is 0 Å². The molecular weight excluding hydrogens is 286 g/mol. The van der Waals surface area contributed by atoms with Gasteiger partial charge in [-0.3, -0.25) is 15.4 Å². The molecule has 2 heterocycles. The molecule has 5 nitrogen and oxygen atoms in total. The van der Waals surface area contributed by atoms with E-state index in [0.29, 0.717) is 5.02 Å². The predicted molar refractivity (Wildman–Crippen MR) is 87.2 cm³/mol. The lowest BCUT2D eigenvalue weighted by atomic mass is 9.85. The summed E-state index contributed by atoms with van der Waals surface area (Å²) >= 11 is 6.43. The van der Waals surface area contributed by atoms with Gasteiger partial charge in [0.15, 0.2) is 0 Å². The zero-order chi connectivity index (χ0) is 15.6. The molecular formula is C15H28ClN5. The van der Waals surface area contributed by atoms with Gasteiger partial charge in [-0.25, -0.2) is 5.43 Å². The van der Waals surface area contributed by atoms with Crippen molar-refractivity contribution in [3.63, 3.8) is 0 Å².